The summed E-state index contributed by atoms with van der Waals surface area (Å²) in [6.07, 6.45) is 2.86. The summed E-state index contributed by atoms with van der Waals surface area (Å²) in [5.74, 6) is 0.706. The van der Waals surface area contributed by atoms with E-state index in [-0.39, 0.29) is 5.88 Å². The number of hydrogen-bond donors (Lipinski definition) is 1. The number of halogens is 1. The van der Waals surface area contributed by atoms with E-state index < -0.39 is 0 Å². The molecule has 5 heteroatoms. The summed E-state index contributed by atoms with van der Waals surface area (Å²) in [7, 11) is 0. The number of fused-ring (bicyclic) bond motifs is 1. The number of hydrogen-bond acceptors (Lipinski definition) is 4. The van der Waals surface area contributed by atoms with Crippen LogP contribution in [-0.4, -0.2) is 15.1 Å². The summed E-state index contributed by atoms with van der Waals surface area (Å²) in [6.45, 7) is 0. The SMILES string of the molecule is Oc1nc(-c2ccc(Cl)s2)nc2c1CCC2. The van der Waals surface area contributed by atoms with E-state index in [1.807, 2.05) is 12.1 Å². The third-order valence-corrected chi connectivity index (χ3v) is 3.93. The summed E-state index contributed by atoms with van der Waals surface area (Å²) in [5.41, 5.74) is 1.89. The van der Waals surface area contributed by atoms with Gasteiger partial charge in [-0.2, -0.15) is 4.98 Å². The Bertz CT molecular complexity index is 553. The second-order valence-corrected chi connectivity index (χ2v) is 5.47. The number of aromatic hydroxyl groups is 1. The molecule has 0 saturated heterocycles. The largest absolute Gasteiger partial charge is 0.493 e. The molecule has 0 spiro atoms. The molecular formula is C11H9ClN2OS. The maximum absolute atomic E-state index is 9.80. The average Bonchev–Trinajstić information content (AvgIpc) is 2.85. The van der Waals surface area contributed by atoms with E-state index in [2.05, 4.69) is 9.97 Å². The highest BCUT2D eigenvalue weighted by molar-refractivity contribution is 7.19. The van der Waals surface area contributed by atoms with Crippen LogP contribution in [0.5, 0.6) is 5.88 Å². The van der Waals surface area contributed by atoms with Gasteiger partial charge < -0.3 is 5.11 Å². The maximum Gasteiger partial charge on any atom is 0.217 e. The fraction of sp³-hybridized carbons (Fsp3) is 0.273. The Morgan fingerprint density at radius 1 is 1.25 bits per heavy atom. The second kappa shape index (κ2) is 3.71. The molecule has 3 rings (SSSR count). The lowest BCUT2D eigenvalue weighted by molar-refractivity contribution is 0.446. The molecule has 0 fully saturated rings. The Kier molecular flexibility index (Phi) is 2.33. The van der Waals surface area contributed by atoms with Crippen molar-refractivity contribution in [3.8, 4) is 16.6 Å². The molecule has 2 heterocycles. The minimum Gasteiger partial charge on any atom is -0.493 e. The normalized spacial score (nSPS) is 14.1. The number of rotatable bonds is 1. The Morgan fingerprint density at radius 3 is 2.88 bits per heavy atom. The van der Waals surface area contributed by atoms with Crippen LogP contribution < -0.4 is 0 Å². The molecule has 0 bridgehead atoms. The summed E-state index contributed by atoms with van der Waals surface area (Å²) >= 11 is 7.29. The zero-order chi connectivity index (χ0) is 11.1. The molecule has 0 radical (unpaired) electrons. The van der Waals surface area contributed by atoms with Gasteiger partial charge in [-0.1, -0.05) is 11.6 Å². The lowest BCUT2D eigenvalue weighted by Gasteiger charge is -2.03. The van der Waals surface area contributed by atoms with Crippen LogP contribution in [0, 0.1) is 0 Å². The zero-order valence-corrected chi connectivity index (χ0v) is 9.98. The summed E-state index contributed by atoms with van der Waals surface area (Å²) < 4.78 is 0.707. The van der Waals surface area contributed by atoms with Crippen LogP contribution in [0.2, 0.25) is 4.34 Å². The fourth-order valence-corrected chi connectivity index (χ4v) is 2.93. The molecule has 0 amide bonds. The Balaban J connectivity index is 2.12. The number of aryl methyl sites for hydroxylation is 1. The van der Waals surface area contributed by atoms with Crippen LogP contribution in [0.15, 0.2) is 12.1 Å². The molecule has 16 heavy (non-hydrogen) atoms. The Labute approximate surface area is 102 Å². The van der Waals surface area contributed by atoms with Crippen molar-refractivity contribution in [2.75, 3.05) is 0 Å². The summed E-state index contributed by atoms with van der Waals surface area (Å²) in [4.78, 5) is 9.50. The Morgan fingerprint density at radius 2 is 2.12 bits per heavy atom. The Hall–Kier alpha value is -1.13. The topological polar surface area (TPSA) is 46.0 Å². The van der Waals surface area contributed by atoms with E-state index >= 15 is 0 Å². The third kappa shape index (κ3) is 1.58. The quantitative estimate of drug-likeness (QED) is 0.849. The van der Waals surface area contributed by atoms with Crippen molar-refractivity contribution >= 4 is 22.9 Å². The van der Waals surface area contributed by atoms with E-state index in [0.717, 1.165) is 35.4 Å². The number of nitrogens with zero attached hydrogens (tertiary/aromatic N) is 2. The summed E-state index contributed by atoms with van der Waals surface area (Å²) in [5, 5.41) is 9.80. The second-order valence-electron chi connectivity index (χ2n) is 3.75. The molecule has 0 aliphatic heterocycles. The van der Waals surface area contributed by atoms with Crippen LogP contribution in [0.4, 0.5) is 0 Å². The van der Waals surface area contributed by atoms with Crippen molar-refractivity contribution in [3.05, 3.63) is 27.7 Å². The highest BCUT2D eigenvalue weighted by Crippen LogP contribution is 2.33. The van der Waals surface area contributed by atoms with Gasteiger partial charge in [-0.05, 0) is 31.4 Å². The molecule has 1 N–H and O–H groups in total. The van der Waals surface area contributed by atoms with Gasteiger partial charge in [0.05, 0.1) is 14.9 Å². The van der Waals surface area contributed by atoms with Crippen molar-refractivity contribution in [2.24, 2.45) is 0 Å². The van der Waals surface area contributed by atoms with Crippen molar-refractivity contribution in [1.82, 2.24) is 9.97 Å². The van der Waals surface area contributed by atoms with Gasteiger partial charge in [-0.25, -0.2) is 4.98 Å². The molecule has 2 aromatic rings. The van der Waals surface area contributed by atoms with Gasteiger partial charge in [0.25, 0.3) is 0 Å². The van der Waals surface area contributed by atoms with Crippen LogP contribution in [0.1, 0.15) is 17.7 Å². The molecule has 3 nitrogen and oxygen atoms in total. The molecule has 2 aromatic heterocycles. The van der Waals surface area contributed by atoms with Crippen molar-refractivity contribution in [2.45, 2.75) is 19.3 Å². The van der Waals surface area contributed by atoms with E-state index in [9.17, 15) is 5.11 Å². The van der Waals surface area contributed by atoms with Gasteiger partial charge in [-0.15, -0.1) is 11.3 Å². The molecule has 1 aliphatic rings. The van der Waals surface area contributed by atoms with E-state index in [0.29, 0.717) is 10.2 Å². The smallest absolute Gasteiger partial charge is 0.217 e. The molecule has 0 aromatic carbocycles. The predicted molar refractivity (Wildman–Crippen MR) is 64.0 cm³/mol. The minimum atomic E-state index is 0.127. The standard InChI is InChI=1S/C11H9ClN2OS/c12-9-5-4-8(16-9)10-13-7-3-1-2-6(7)11(15)14-10/h4-5H,1-3H2,(H,13,14,15). The number of aromatic nitrogens is 2. The highest BCUT2D eigenvalue weighted by atomic mass is 35.5. The van der Waals surface area contributed by atoms with Crippen LogP contribution in [-0.2, 0) is 12.8 Å². The molecule has 0 unspecified atom stereocenters. The van der Waals surface area contributed by atoms with Gasteiger partial charge >= 0.3 is 0 Å². The third-order valence-electron chi connectivity index (χ3n) is 2.70. The molecule has 82 valence electrons. The van der Waals surface area contributed by atoms with Crippen molar-refractivity contribution in [1.29, 1.82) is 0 Å². The maximum atomic E-state index is 9.80. The minimum absolute atomic E-state index is 0.127. The first-order valence-corrected chi connectivity index (χ1v) is 6.28. The van der Waals surface area contributed by atoms with Gasteiger partial charge in [0.15, 0.2) is 5.82 Å². The predicted octanol–water partition coefficient (Wildman–Crippen LogP) is 3.05. The lowest BCUT2D eigenvalue weighted by Crippen LogP contribution is -1.95. The van der Waals surface area contributed by atoms with Crippen LogP contribution in [0.25, 0.3) is 10.7 Å². The fourth-order valence-electron chi connectivity index (χ4n) is 1.96. The zero-order valence-electron chi connectivity index (χ0n) is 8.40. The van der Waals surface area contributed by atoms with Crippen LogP contribution >= 0.6 is 22.9 Å². The molecule has 1 aliphatic carbocycles. The van der Waals surface area contributed by atoms with E-state index in [4.69, 9.17) is 11.6 Å². The van der Waals surface area contributed by atoms with Crippen molar-refractivity contribution in [3.63, 3.8) is 0 Å². The summed E-state index contributed by atoms with van der Waals surface area (Å²) in [6, 6.07) is 3.69. The van der Waals surface area contributed by atoms with Crippen molar-refractivity contribution < 1.29 is 5.11 Å². The van der Waals surface area contributed by atoms with Gasteiger partial charge in [0.1, 0.15) is 0 Å². The first-order valence-electron chi connectivity index (χ1n) is 5.08. The van der Waals surface area contributed by atoms with Gasteiger partial charge in [0.2, 0.25) is 5.88 Å². The van der Waals surface area contributed by atoms with Gasteiger partial charge in [0, 0.05) is 5.56 Å². The monoisotopic (exact) mass is 252 g/mol. The first kappa shape index (κ1) is 10.1. The molecule has 0 saturated carbocycles. The molecule has 0 atom stereocenters. The first-order chi connectivity index (χ1) is 7.74. The van der Waals surface area contributed by atoms with E-state index in [1.54, 1.807) is 0 Å². The van der Waals surface area contributed by atoms with Gasteiger partial charge in [-0.3, -0.25) is 0 Å². The number of thiophene rings is 1. The van der Waals surface area contributed by atoms with Crippen LogP contribution in [0.3, 0.4) is 0 Å². The average molecular weight is 253 g/mol. The molecular weight excluding hydrogens is 244 g/mol. The lowest BCUT2D eigenvalue weighted by atomic mass is 10.2. The van der Waals surface area contributed by atoms with E-state index in [1.165, 1.54) is 11.3 Å². The highest BCUT2D eigenvalue weighted by Gasteiger charge is 2.19.